The first-order valence-corrected chi connectivity index (χ1v) is 6.84. The Hall–Kier alpha value is 1.33. The van der Waals surface area contributed by atoms with E-state index in [0.717, 1.165) is 0 Å². The highest BCUT2D eigenvalue weighted by atomic mass is 35.6. The maximum atomic E-state index is 5.62. The molecular formula is C6HCl8N3. The molecule has 0 spiro atoms. The molecule has 0 saturated heterocycles. The second-order valence-corrected chi connectivity index (χ2v) is 8.30. The molecule has 0 aliphatic carbocycles. The van der Waals surface area contributed by atoms with Gasteiger partial charge in [0.2, 0.25) is 7.59 Å². The summed E-state index contributed by atoms with van der Waals surface area (Å²) in [6, 6.07) is 0. The topological polar surface area (TPSA) is 38.7 Å². The summed E-state index contributed by atoms with van der Waals surface area (Å²) < 4.78 is -3.82. The summed E-state index contributed by atoms with van der Waals surface area (Å²) in [5.74, 6) is -0.550. The van der Waals surface area contributed by atoms with Crippen LogP contribution >= 0.6 is 92.8 Å². The van der Waals surface area contributed by atoms with Crippen LogP contribution in [0.3, 0.4) is 0 Å². The van der Waals surface area contributed by atoms with E-state index in [2.05, 4.69) is 15.0 Å². The molecule has 11 heteroatoms. The van der Waals surface area contributed by atoms with E-state index in [1.807, 2.05) is 0 Å². The minimum Gasteiger partial charge on any atom is -0.210 e. The van der Waals surface area contributed by atoms with Crippen LogP contribution in [0, 0.1) is 0 Å². The van der Waals surface area contributed by atoms with Crippen molar-refractivity contribution in [2.45, 2.75) is 12.4 Å². The molecule has 1 aromatic rings. The van der Waals surface area contributed by atoms with Gasteiger partial charge in [0.1, 0.15) is 0 Å². The Labute approximate surface area is 137 Å². The summed E-state index contributed by atoms with van der Waals surface area (Å²) in [5, 5.41) is 0. The smallest absolute Gasteiger partial charge is 0.210 e. The highest BCUT2D eigenvalue weighted by molar-refractivity contribution is 6.67. The zero-order chi connectivity index (χ0) is 13.4. The number of alkyl halides is 8. The monoisotopic (exact) mass is 395 g/mol. The predicted molar refractivity (Wildman–Crippen MR) is 72.7 cm³/mol. The summed E-state index contributed by atoms with van der Waals surface area (Å²) in [6.45, 7) is 0. The van der Waals surface area contributed by atoms with E-state index in [0.29, 0.717) is 0 Å². The number of halogens is 8. The third-order valence-corrected chi connectivity index (χ3v) is 2.76. The Morgan fingerprint density at radius 1 is 0.706 bits per heavy atom. The normalized spacial score (nSPS) is 13.2. The van der Waals surface area contributed by atoms with Crippen LogP contribution in [0.1, 0.15) is 22.3 Å². The molecule has 1 heterocycles. The summed E-state index contributed by atoms with van der Waals surface area (Å²) in [4.78, 5) is 10.2. The van der Waals surface area contributed by atoms with Crippen molar-refractivity contribution in [3.8, 4) is 0 Å². The lowest BCUT2D eigenvalue weighted by Gasteiger charge is -2.15. The van der Waals surface area contributed by atoms with Crippen LogP contribution in [0.5, 0.6) is 0 Å². The van der Waals surface area contributed by atoms with Crippen molar-refractivity contribution < 1.29 is 0 Å². The van der Waals surface area contributed by atoms with Gasteiger partial charge in [0.15, 0.2) is 22.3 Å². The standard InChI is InChI=1S/C6HCl8N3/c7-1(8)2-15-3(5(9,10)11)17-4(16-2)6(12,13)14/h1H. The lowest BCUT2D eigenvalue weighted by molar-refractivity contribution is 0.802. The molecule has 1 aromatic heterocycles. The largest absolute Gasteiger partial charge is 0.250 e. The molecule has 0 saturated carbocycles. The molecular weight excluding hydrogens is 398 g/mol. The molecule has 96 valence electrons. The van der Waals surface area contributed by atoms with Crippen LogP contribution in [0.4, 0.5) is 0 Å². The van der Waals surface area contributed by atoms with Gasteiger partial charge in [-0.05, 0) is 0 Å². The minimum atomic E-state index is -1.91. The summed E-state index contributed by atoms with van der Waals surface area (Å²) in [7, 11) is 0. The van der Waals surface area contributed by atoms with E-state index >= 15 is 0 Å². The molecule has 0 aliphatic heterocycles. The number of nitrogens with zero attached hydrogens (tertiary/aromatic N) is 3. The maximum absolute atomic E-state index is 5.62. The number of hydrogen-bond donors (Lipinski definition) is 0. The van der Waals surface area contributed by atoms with Gasteiger partial charge in [0, 0.05) is 0 Å². The van der Waals surface area contributed by atoms with Crippen molar-refractivity contribution in [3.05, 3.63) is 17.5 Å². The van der Waals surface area contributed by atoms with Crippen molar-refractivity contribution in [2.24, 2.45) is 0 Å². The van der Waals surface area contributed by atoms with Gasteiger partial charge in [-0.25, -0.2) is 15.0 Å². The number of rotatable bonds is 1. The predicted octanol–water partition coefficient (Wildman–Crippen LogP) is 5.00. The van der Waals surface area contributed by atoms with Crippen molar-refractivity contribution >= 4 is 92.8 Å². The van der Waals surface area contributed by atoms with E-state index in [4.69, 9.17) is 92.8 Å². The van der Waals surface area contributed by atoms with Crippen molar-refractivity contribution in [3.63, 3.8) is 0 Å². The molecule has 0 fully saturated rings. The molecule has 0 unspecified atom stereocenters. The Bertz CT molecular complexity index is 376. The summed E-state index contributed by atoms with van der Waals surface area (Å²) in [6.07, 6.45) is 0. The molecule has 0 atom stereocenters. The minimum absolute atomic E-state index is 0.0778. The van der Waals surface area contributed by atoms with Gasteiger partial charge in [-0.1, -0.05) is 92.8 Å². The zero-order valence-corrected chi connectivity index (χ0v) is 13.5. The number of hydrogen-bond acceptors (Lipinski definition) is 3. The third kappa shape index (κ3) is 4.73. The van der Waals surface area contributed by atoms with Crippen LogP contribution in [0.2, 0.25) is 0 Å². The average molecular weight is 399 g/mol. The molecule has 3 nitrogen and oxygen atoms in total. The van der Waals surface area contributed by atoms with Crippen LogP contribution in [-0.2, 0) is 7.59 Å². The zero-order valence-electron chi connectivity index (χ0n) is 7.44. The lowest BCUT2D eigenvalue weighted by Crippen LogP contribution is -2.18. The molecule has 17 heavy (non-hydrogen) atoms. The summed E-state index contributed by atoms with van der Waals surface area (Å²) in [5.41, 5.74) is 0. The lowest BCUT2D eigenvalue weighted by atomic mass is 10.5. The van der Waals surface area contributed by atoms with Gasteiger partial charge >= 0.3 is 0 Å². The fourth-order valence-electron chi connectivity index (χ4n) is 0.743. The van der Waals surface area contributed by atoms with Gasteiger partial charge in [-0.2, -0.15) is 0 Å². The van der Waals surface area contributed by atoms with Crippen LogP contribution < -0.4 is 0 Å². The van der Waals surface area contributed by atoms with Crippen LogP contribution in [0.25, 0.3) is 0 Å². The van der Waals surface area contributed by atoms with Crippen molar-refractivity contribution in [1.29, 1.82) is 0 Å². The molecule has 0 aliphatic rings. The van der Waals surface area contributed by atoms with Gasteiger partial charge in [-0.3, -0.25) is 0 Å². The molecule has 1 rings (SSSR count). The molecule has 0 N–H and O–H groups in total. The molecule has 0 radical (unpaired) electrons. The Balaban J connectivity index is 3.40. The van der Waals surface area contributed by atoms with Gasteiger partial charge in [-0.15, -0.1) is 0 Å². The molecule has 0 bridgehead atoms. The van der Waals surface area contributed by atoms with Crippen molar-refractivity contribution in [1.82, 2.24) is 15.0 Å². The first kappa shape index (κ1) is 16.4. The van der Waals surface area contributed by atoms with E-state index in [1.54, 1.807) is 0 Å². The van der Waals surface area contributed by atoms with E-state index in [-0.39, 0.29) is 17.5 Å². The average Bonchev–Trinajstić information content (AvgIpc) is 2.14. The Morgan fingerprint density at radius 3 is 1.29 bits per heavy atom. The molecule has 0 amide bonds. The third-order valence-electron chi connectivity index (χ3n) is 1.35. The van der Waals surface area contributed by atoms with Crippen LogP contribution in [-0.4, -0.2) is 15.0 Å². The SMILES string of the molecule is ClC(Cl)c1nc(C(Cl)(Cl)Cl)nc(C(Cl)(Cl)Cl)n1. The fourth-order valence-corrected chi connectivity index (χ4v) is 1.45. The fraction of sp³-hybridized carbons (Fsp3) is 0.500. The second kappa shape index (κ2) is 5.76. The van der Waals surface area contributed by atoms with E-state index in [1.165, 1.54) is 0 Å². The van der Waals surface area contributed by atoms with Gasteiger partial charge in [0.25, 0.3) is 0 Å². The highest BCUT2D eigenvalue weighted by Crippen LogP contribution is 2.40. The quantitative estimate of drug-likeness (QED) is 0.625. The summed E-state index contributed by atoms with van der Waals surface area (Å²) >= 11 is 44.9. The first-order chi connectivity index (χ1) is 7.51. The van der Waals surface area contributed by atoms with E-state index in [9.17, 15) is 0 Å². The van der Waals surface area contributed by atoms with Crippen LogP contribution in [0.15, 0.2) is 0 Å². The number of aromatic nitrogens is 3. The second-order valence-electron chi connectivity index (χ2n) is 2.64. The van der Waals surface area contributed by atoms with Gasteiger partial charge in [0.05, 0.1) is 0 Å². The Morgan fingerprint density at radius 2 is 1.06 bits per heavy atom. The first-order valence-electron chi connectivity index (χ1n) is 3.70. The van der Waals surface area contributed by atoms with E-state index < -0.39 is 12.4 Å². The maximum Gasteiger partial charge on any atom is 0.250 e. The highest BCUT2D eigenvalue weighted by Gasteiger charge is 2.34. The Kier molecular flexibility index (Phi) is 5.55. The van der Waals surface area contributed by atoms with Crippen molar-refractivity contribution in [2.75, 3.05) is 0 Å². The molecule has 0 aromatic carbocycles. The van der Waals surface area contributed by atoms with Gasteiger partial charge < -0.3 is 0 Å².